The number of rotatable bonds is 10. The maximum absolute atomic E-state index is 14.1. The zero-order valence-corrected chi connectivity index (χ0v) is 37.8. The number of ether oxygens (including phenoxy) is 3. The van der Waals surface area contributed by atoms with Crippen molar-refractivity contribution >= 4 is 74.2 Å². The SMILES string of the molecule is CSc1sc(N=CNC(=O)OC(C)(C)C)cc1S(=O)(=O)c1cccc(-c2ccc(NC(=NCCc3ccccc3)N(C(=O)OC(C)(C)C)C(=O)OC(C)(C)C)cc2C)c1. The fourth-order valence-electron chi connectivity index (χ4n) is 5.31. The summed E-state index contributed by atoms with van der Waals surface area (Å²) >= 11 is 2.47. The smallest absolute Gasteiger partial charge is 0.427 e. The van der Waals surface area contributed by atoms with Gasteiger partial charge in [0, 0.05) is 12.2 Å². The van der Waals surface area contributed by atoms with Crippen LogP contribution in [0, 0.1) is 6.92 Å². The molecule has 0 aliphatic carbocycles. The number of aliphatic imine (C=N–C) groups is 2. The molecule has 0 aliphatic heterocycles. The molecule has 1 heterocycles. The van der Waals surface area contributed by atoms with E-state index < -0.39 is 44.9 Å². The number of carbonyl (C=O) groups excluding carboxylic acids is 3. The number of thioether (sulfide) groups is 1. The standard InChI is InChI=1S/C43H53N5O8S3/c1-28-24-31(47-37(44-23-22-29-16-13-12-14-17-29)48(39(50)55-42(5,6)7)40(51)56-43(8,9)10)20-21-33(28)30-18-15-19-32(25-30)59(52,53)34-26-35(58-36(34)57-11)45-27-46-38(49)54-41(2,3)4/h12-21,24-27H,22-23H2,1-11H3,(H,44,47)(H,45,46,49). The van der Waals surface area contributed by atoms with Crippen molar-refractivity contribution in [3.05, 3.63) is 90.0 Å². The highest BCUT2D eigenvalue weighted by Crippen LogP contribution is 2.41. The molecule has 0 fully saturated rings. The average molecular weight is 864 g/mol. The Labute approximate surface area is 355 Å². The van der Waals surface area contributed by atoms with Crippen LogP contribution in [0.25, 0.3) is 11.1 Å². The van der Waals surface area contributed by atoms with Crippen LogP contribution in [-0.4, -0.2) is 73.5 Å². The van der Waals surface area contributed by atoms with Crippen LogP contribution >= 0.6 is 23.1 Å². The summed E-state index contributed by atoms with van der Waals surface area (Å²) in [7, 11) is -3.99. The third kappa shape index (κ3) is 14.0. The lowest BCUT2D eigenvalue weighted by Gasteiger charge is -2.29. The minimum absolute atomic E-state index is 0.0882. The van der Waals surface area contributed by atoms with E-state index in [0.717, 1.165) is 21.6 Å². The molecule has 316 valence electrons. The van der Waals surface area contributed by atoms with Gasteiger partial charge in [0.1, 0.15) is 21.8 Å². The summed E-state index contributed by atoms with van der Waals surface area (Å²) in [6, 6.07) is 23.2. The molecule has 0 saturated carbocycles. The fourth-order valence-corrected chi connectivity index (χ4v) is 9.18. The third-order valence-electron chi connectivity index (χ3n) is 7.71. The molecule has 0 aliphatic rings. The number of thiophene rings is 1. The maximum Gasteiger partial charge on any atom is 0.427 e. The number of amides is 3. The number of alkyl carbamates (subject to hydrolysis) is 1. The molecule has 0 radical (unpaired) electrons. The molecule has 3 amide bonds. The number of hydrogen-bond acceptors (Lipinski definition) is 12. The van der Waals surface area contributed by atoms with Gasteiger partial charge in [-0.3, -0.25) is 10.3 Å². The number of aryl methyl sites for hydroxylation is 1. The van der Waals surface area contributed by atoms with Crippen LogP contribution in [0.15, 0.2) is 103 Å². The van der Waals surface area contributed by atoms with Gasteiger partial charge in [-0.25, -0.2) is 27.8 Å². The van der Waals surface area contributed by atoms with Gasteiger partial charge < -0.3 is 19.5 Å². The molecular weight excluding hydrogens is 811 g/mol. The summed E-state index contributed by atoms with van der Waals surface area (Å²) in [5.41, 5.74) is 1.15. The van der Waals surface area contributed by atoms with E-state index in [9.17, 15) is 22.8 Å². The van der Waals surface area contributed by atoms with Gasteiger partial charge >= 0.3 is 18.3 Å². The largest absolute Gasteiger partial charge is 0.444 e. The fraction of sp³-hybridized carbons (Fsp3) is 0.372. The van der Waals surface area contributed by atoms with Crippen LogP contribution in [0.2, 0.25) is 0 Å². The molecule has 59 heavy (non-hydrogen) atoms. The van der Waals surface area contributed by atoms with E-state index in [0.29, 0.717) is 26.9 Å². The first-order valence-electron chi connectivity index (χ1n) is 18.7. The van der Waals surface area contributed by atoms with Gasteiger partial charge in [0.05, 0.1) is 20.3 Å². The minimum Gasteiger partial charge on any atom is -0.444 e. The summed E-state index contributed by atoms with van der Waals surface area (Å²) < 4.78 is 45.2. The first-order valence-corrected chi connectivity index (χ1v) is 22.3. The number of sulfone groups is 1. The molecule has 4 rings (SSSR count). The lowest BCUT2D eigenvalue weighted by atomic mass is 10.00. The van der Waals surface area contributed by atoms with Crippen molar-refractivity contribution in [3.8, 4) is 11.1 Å². The van der Waals surface area contributed by atoms with Crippen LogP contribution in [0.3, 0.4) is 0 Å². The van der Waals surface area contributed by atoms with Crippen LogP contribution in [0.4, 0.5) is 25.1 Å². The molecule has 16 heteroatoms. The summed E-state index contributed by atoms with van der Waals surface area (Å²) in [4.78, 5) is 49.2. The Bertz CT molecular complexity index is 2280. The molecule has 13 nitrogen and oxygen atoms in total. The highest BCUT2D eigenvalue weighted by atomic mass is 32.2. The Kier molecular flexibility index (Phi) is 15.2. The van der Waals surface area contributed by atoms with Gasteiger partial charge in [-0.15, -0.1) is 28.0 Å². The number of guanidine groups is 1. The van der Waals surface area contributed by atoms with E-state index in [1.807, 2.05) is 55.5 Å². The van der Waals surface area contributed by atoms with E-state index in [-0.39, 0.29) is 22.3 Å². The molecule has 0 bridgehead atoms. The number of hydrogen-bond donors (Lipinski definition) is 2. The van der Waals surface area contributed by atoms with Crippen molar-refractivity contribution in [2.24, 2.45) is 9.98 Å². The van der Waals surface area contributed by atoms with Crippen molar-refractivity contribution in [1.82, 2.24) is 10.2 Å². The molecule has 0 saturated heterocycles. The summed E-state index contributed by atoms with van der Waals surface area (Å²) in [5.74, 6) is -0.0886. The Hall–Kier alpha value is -5.19. The molecule has 0 atom stereocenters. The molecule has 3 aromatic carbocycles. The third-order valence-corrected chi connectivity index (χ3v) is 11.9. The van der Waals surface area contributed by atoms with E-state index in [1.54, 1.807) is 92.8 Å². The van der Waals surface area contributed by atoms with Crippen molar-refractivity contribution in [2.45, 2.75) is 106 Å². The number of benzene rings is 3. The predicted octanol–water partition coefficient (Wildman–Crippen LogP) is 10.6. The highest BCUT2D eigenvalue weighted by molar-refractivity contribution is 8.01. The molecule has 1 aromatic heterocycles. The van der Waals surface area contributed by atoms with E-state index >= 15 is 0 Å². The van der Waals surface area contributed by atoms with Crippen molar-refractivity contribution < 1.29 is 37.0 Å². The number of nitrogens with zero attached hydrogens (tertiary/aromatic N) is 3. The zero-order valence-electron chi connectivity index (χ0n) is 35.3. The summed E-state index contributed by atoms with van der Waals surface area (Å²) in [5, 5.41) is 5.98. The Morgan fingerprint density at radius 1 is 0.814 bits per heavy atom. The lowest BCUT2D eigenvalue weighted by molar-refractivity contribution is 0.0146. The van der Waals surface area contributed by atoms with Gasteiger partial charge in [0.2, 0.25) is 15.8 Å². The first kappa shape index (κ1) is 46.5. The average Bonchev–Trinajstić information content (AvgIpc) is 3.54. The lowest BCUT2D eigenvalue weighted by Crippen LogP contribution is -2.49. The second-order valence-electron chi connectivity index (χ2n) is 16.3. The normalized spacial score (nSPS) is 12.6. The van der Waals surface area contributed by atoms with Crippen LogP contribution < -0.4 is 10.6 Å². The van der Waals surface area contributed by atoms with Crippen LogP contribution in [0.5, 0.6) is 0 Å². The molecular formula is C43H53N5O8S3. The van der Waals surface area contributed by atoms with E-state index in [4.69, 9.17) is 14.2 Å². The van der Waals surface area contributed by atoms with Gasteiger partial charge in [0.25, 0.3) is 0 Å². The Balaban J connectivity index is 1.66. The topological polar surface area (TPSA) is 165 Å². The monoisotopic (exact) mass is 863 g/mol. The van der Waals surface area contributed by atoms with Crippen molar-refractivity contribution in [1.29, 1.82) is 0 Å². The van der Waals surface area contributed by atoms with Crippen LogP contribution in [0.1, 0.15) is 73.4 Å². The molecule has 4 aromatic rings. The maximum atomic E-state index is 14.1. The molecule has 0 unspecified atom stereocenters. The van der Waals surface area contributed by atoms with Gasteiger partial charge in [-0.2, -0.15) is 0 Å². The van der Waals surface area contributed by atoms with Gasteiger partial charge in [-0.1, -0.05) is 48.5 Å². The van der Waals surface area contributed by atoms with Gasteiger partial charge in [0.15, 0.2) is 0 Å². The number of carbonyl (C=O) groups is 3. The van der Waals surface area contributed by atoms with E-state index in [2.05, 4.69) is 20.6 Å². The number of nitrogens with one attached hydrogen (secondary N) is 2. The minimum atomic E-state index is -3.99. The second kappa shape index (κ2) is 19.3. The number of anilines is 1. The number of imide groups is 1. The second-order valence-corrected chi connectivity index (χ2v) is 20.3. The van der Waals surface area contributed by atoms with Crippen LogP contribution in [-0.2, 0) is 30.5 Å². The van der Waals surface area contributed by atoms with Gasteiger partial charge in [-0.05, 0) is 134 Å². The highest BCUT2D eigenvalue weighted by Gasteiger charge is 2.35. The van der Waals surface area contributed by atoms with Crippen molar-refractivity contribution in [3.63, 3.8) is 0 Å². The Morgan fingerprint density at radius 2 is 1.44 bits per heavy atom. The Morgan fingerprint density at radius 3 is 2.02 bits per heavy atom. The summed E-state index contributed by atoms with van der Waals surface area (Å²) in [6.45, 7) is 17.5. The van der Waals surface area contributed by atoms with E-state index in [1.165, 1.54) is 35.5 Å². The predicted molar refractivity (Wildman–Crippen MR) is 236 cm³/mol. The zero-order chi connectivity index (χ0) is 43.8. The summed E-state index contributed by atoms with van der Waals surface area (Å²) in [6.07, 6.45) is 0.888. The molecule has 0 spiro atoms. The van der Waals surface area contributed by atoms with Crippen molar-refractivity contribution in [2.75, 3.05) is 18.1 Å². The quantitative estimate of drug-likeness (QED) is 0.0678. The molecule has 2 N–H and O–H groups in total. The first-order chi connectivity index (χ1) is 27.5.